The van der Waals surface area contributed by atoms with Crippen LogP contribution in [-0.4, -0.2) is 47.8 Å². The number of carbonyl (C=O) groups excluding carboxylic acids is 3. The molecule has 3 amide bonds. The van der Waals surface area contributed by atoms with Gasteiger partial charge in [-0.15, -0.1) is 0 Å². The van der Waals surface area contributed by atoms with Gasteiger partial charge in [0, 0.05) is 31.1 Å². The van der Waals surface area contributed by atoms with Crippen LogP contribution in [0, 0.1) is 5.41 Å². The Morgan fingerprint density at radius 1 is 1.14 bits per heavy atom. The van der Waals surface area contributed by atoms with Gasteiger partial charge in [-0.25, -0.2) is 0 Å². The fourth-order valence-electron chi connectivity index (χ4n) is 5.50. The molecular weight excluding hydrogens is 368 g/mol. The topological polar surface area (TPSA) is 90.5 Å². The molecule has 3 aliphatic heterocycles. The zero-order chi connectivity index (χ0) is 20.0. The first-order valence-electron chi connectivity index (χ1n) is 10.7. The predicted octanol–water partition coefficient (Wildman–Crippen LogP) is 1.07. The molecule has 0 aromatic heterocycles. The van der Waals surface area contributed by atoms with Crippen LogP contribution in [0.4, 0.5) is 0 Å². The van der Waals surface area contributed by atoms with Crippen LogP contribution in [0.5, 0.6) is 0 Å². The van der Waals surface area contributed by atoms with Crippen LogP contribution in [0.15, 0.2) is 18.2 Å². The van der Waals surface area contributed by atoms with E-state index in [-0.39, 0.29) is 24.1 Å². The standard InChI is InChI=1S/C22H28N4O3/c27-19-4-3-18(20(28)25-19)26-13-15-9-14(1-2-17(15)21(26)29)12-24-16-10-22(11-16)5-7-23-8-6-22/h1-2,9,16,18,23-24H,3-8,10-13H2,(H,25,27,28). The van der Waals surface area contributed by atoms with Crippen LogP contribution in [0.2, 0.25) is 0 Å². The van der Waals surface area contributed by atoms with Crippen LogP contribution >= 0.6 is 0 Å². The number of hydrogen-bond acceptors (Lipinski definition) is 5. The van der Waals surface area contributed by atoms with Crippen molar-refractivity contribution < 1.29 is 14.4 Å². The summed E-state index contributed by atoms with van der Waals surface area (Å²) in [6.07, 6.45) is 5.80. The van der Waals surface area contributed by atoms with E-state index in [9.17, 15) is 14.4 Å². The molecule has 154 valence electrons. The second-order valence-electron chi connectivity index (χ2n) is 9.13. The number of piperidine rings is 2. The van der Waals surface area contributed by atoms with Crippen LogP contribution < -0.4 is 16.0 Å². The van der Waals surface area contributed by atoms with Crippen LogP contribution in [0.1, 0.15) is 60.0 Å². The Hall–Kier alpha value is -2.25. The average Bonchev–Trinajstić information content (AvgIpc) is 3.01. The summed E-state index contributed by atoms with van der Waals surface area (Å²) in [5.41, 5.74) is 3.39. The van der Waals surface area contributed by atoms with E-state index in [1.807, 2.05) is 12.1 Å². The van der Waals surface area contributed by atoms with Gasteiger partial charge in [0.25, 0.3) is 5.91 Å². The van der Waals surface area contributed by atoms with Gasteiger partial charge < -0.3 is 15.5 Å². The first-order chi connectivity index (χ1) is 14.0. The summed E-state index contributed by atoms with van der Waals surface area (Å²) in [5.74, 6) is -0.729. The molecule has 0 radical (unpaired) electrons. The van der Waals surface area contributed by atoms with E-state index >= 15 is 0 Å². The number of nitrogens with zero attached hydrogens (tertiary/aromatic N) is 1. The molecule has 1 spiro atoms. The van der Waals surface area contributed by atoms with Crippen LogP contribution in [0.25, 0.3) is 0 Å². The van der Waals surface area contributed by atoms with E-state index in [2.05, 4.69) is 22.0 Å². The van der Waals surface area contributed by atoms with Gasteiger partial charge in [0.1, 0.15) is 6.04 Å². The number of carbonyl (C=O) groups is 3. The molecule has 3 N–H and O–H groups in total. The van der Waals surface area contributed by atoms with E-state index in [0.29, 0.717) is 30.0 Å². The lowest BCUT2D eigenvalue weighted by Crippen LogP contribution is -2.52. The third-order valence-corrected chi connectivity index (χ3v) is 7.21. The number of hydrogen-bond donors (Lipinski definition) is 3. The molecule has 7 heteroatoms. The summed E-state index contributed by atoms with van der Waals surface area (Å²) in [6.45, 7) is 3.54. The van der Waals surface area contributed by atoms with Crippen molar-refractivity contribution in [3.63, 3.8) is 0 Å². The summed E-state index contributed by atoms with van der Waals surface area (Å²) in [4.78, 5) is 37.9. The first-order valence-corrected chi connectivity index (χ1v) is 10.7. The van der Waals surface area contributed by atoms with Gasteiger partial charge in [-0.3, -0.25) is 19.7 Å². The largest absolute Gasteiger partial charge is 0.322 e. The van der Waals surface area contributed by atoms with Crippen molar-refractivity contribution in [1.82, 2.24) is 20.9 Å². The zero-order valence-corrected chi connectivity index (χ0v) is 16.6. The third-order valence-electron chi connectivity index (χ3n) is 7.21. The number of benzene rings is 1. The van der Waals surface area contributed by atoms with Gasteiger partial charge in [-0.05, 0) is 67.8 Å². The minimum absolute atomic E-state index is 0.110. The smallest absolute Gasteiger partial charge is 0.255 e. The van der Waals surface area contributed by atoms with Gasteiger partial charge >= 0.3 is 0 Å². The number of fused-ring (bicyclic) bond motifs is 1. The number of amides is 3. The van der Waals surface area contributed by atoms with Crippen molar-refractivity contribution in [3.8, 4) is 0 Å². The fraction of sp³-hybridized carbons (Fsp3) is 0.591. The number of imide groups is 1. The Bertz CT molecular complexity index is 854. The molecule has 1 unspecified atom stereocenters. The molecular formula is C22H28N4O3. The van der Waals surface area contributed by atoms with E-state index in [1.54, 1.807) is 4.90 Å². The SMILES string of the molecule is O=C1CCC(N2Cc3cc(CNC4CC5(CCNCC5)C4)ccc3C2=O)C(=O)N1. The molecule has 4 aliphatic rings. The predicted molar refractivity (Wildman–Crippen MR) is 107 cm³/mol. The summed E-state index contributed by atoms with van der Waals surface area (Å²) >= 11 is 0. The van der Waals surface area contributed by atoms with Crippen molar-refractivity contribution in [3.05, 3.63) is 34.9 Å². The highest BCUT2D eigenvalue weighted by Crippen LogP contribution is 2.47. The van der Waals surface area contributed by atoms with Gasteiger partial charge in [0.05, 0.1) is 0 Å². The van der Waals surface area contributed by atoms with Gasteiger partial charge in [-0.1, -0.05) is 12.1 Å². The molecule has 1 aromatic carbocycles. The maximum atomic E-state index is 12.8. The maximum absolute atomic E-state index is 12.8. The molecule has 1 saturated carbocycles. The lowest BCUT2D eigenvalue weighted by molar-refractivity contribution is -0.136. The van der Waals surface area contributed by atoms with Crippen LogP contribution in [0.3, 0.4) is 0 Å². The van der Waals surface area contributed by atoms with Crippen molar-refractivity contribution in [2.45, 2.75) is 63.7 Å². The van der Waals surface area contributed by atoms with Gasteiger partial charge in [0.2, 0.25) is 11.8 Å². The maximum Gasteiger partial charge on any atom is 0.255 e. The Kier molecular flexibility index (Phi) is 4.67. The minimum Gasteiger partial charge on any atom is -0.322 e. The van der Waals surface area contributed by atoms with Crippen molar-refractivity contribution in [2.75, 3.05) is 13.1 Å². The molecule has 3 fully saturated rings. The van der Waals surface area contributed by atoms with Gasteiger partial charge in [-0.2, -0.15) is 0 Å². The minimum atomic E-state index is -0.551. The highest BCUT2D eigenvalue weighted by Gasteiger charge is 2.44. The molecule has 1 atom stereocenters. The summed E-state index contributed by atoms with van der Waals surface area (Å²) in [5, 5.41) is 9.47. The van der Waals surface area contributed by atoms with E-state index in [0.717, 1.165) is 25.2 Å². The first kappa shape index (κ1) is 18.8. The third kappa shape index (κ3) is 3.46. The summed E-state index contributed by atoms with van der Waals surface area (Å²) in [6, 6.07) is 6.02. The molecule has 0 bridgehead atoms. The number of rotatable bonds is 4. The van der Waals surface area contributed by atoms with Crippen LogP contribution in [-0.2, 0) is 22.7 Å². The highest BCUT2D eigenvalue weighted by atomic mass is 16.2. The normalized spacial score (nSPS) is 26.4. The summed E-state index contributed by atoms with van der Waals surface area (Å²) < 4.78 is 0. The second kappa shape index (κ2) is 7.22. The molecule has 2 saturated heterocycles. The molecule has 5 rings (SSSR count). The molecule has 1 aliphatic carbocycles. The molecule has 29 heavy (non-hydrogen) atoms. The van der Waals surface area contributed by atoms with E-state index < -0.39 is 6.04 Å². The lowest BCUT2D eigenvalue weighted by atomic mass is 9.60. The summed E-state index contributed by atoms with van der Waals surface area (Å²) in [7, 11) is 0. The molecule has 3 heterocycles. The Labute approximate surface area is 170 Å². The zero-order valence-electron chi connectivity index (χ0n) is 16.6. The molecule has 1 aromatic rings. The van der Waals surface area contributed by atoms with Gasteiger partial charge in [0.15, 0.2) is 0 Å². The van der Waals surface area contributed by atoms with Crippen molar-refractivity contribution >= 4 is 17.7 Å². The quantitative estimate of drug-likeness (QED) is 0.663. The monoisotopic (exact) mass is 396 g/mol. The number of nitrogens with one attached hydrogen (secondary N) is 3. The molecule has 7 nitrogen and oxygen atoms in total. The van der Waals surface area contributed by atoms with E-state index in [1.165, 1.54) is 31.2 Å². The van der Waals surface area contributed by atoms with E-state index in [4.69, 9.17) is 0 Å². The Morgan fingerprint density at radius 2 is 1.93 bits per heavy atom. The second-order valence-corrected chi connectivity index (χ2v) is 9.13. The average molecular weight is 396 g/mol. The highest BCUT2D eigenvalue weighted by molar-refractivity contribution is 6.05. The Balaban J connectivity index is 1.19. The van der Waals surface area contributed by atoms with Crippen molar-refractivity contribution in [2.24, 2.45) is 5.41 Å². The van der Waals surface area contributed by atoms with Crippen molar-refractivity contribution in [1.29, 1.82) is 0 Å². The Morgan fingerprint density at radius 3 is 2.69 bits per heavy atom. The fourth-order valence-corrected chi connectivity index (χ4v) is 5.50. The lowest BCUT2D eigenvalue weighted by Gasteiger charge is -2.50.